The first-order valence-electron chi connectivity index (χ1n) is 3.17. The van der Waals surface area contributed by atoms with Crippen LogP contribution in [0.25, 0.3) is 0 Å². The third-order valence-electron chi connectivity index (χ3n) is 1.10. The average molecular weight is 133 g/mol. The van der Waals surface area contributed by atoms with Crippen LogP contribution >= 0.6 is 0 Å². The minimum absolute atomic E-state index is 0.108. The Hall–Kier alpha value is -0.120. The lowest BCUT2D eigenvalue weighted by molar-refractivity contribution is 0.0811. The number of nitrogens with one attached hydrogen (secondary N) is 1. The Labute approximate surface area is 56.0 Å². The molecule has 0 heterocycles. The van der Waals surface area contributed by atoms with Crippen LogP contribution in [0.4, 0.5) is 0 Å². The summed E-state index contributed by atoms with van der Waals surface area (Å²) in [5.41, 5.74) is 0. The van der Waals surface area contributed by atoms with E-state index in [0.717, 1.165) is 0 Å². The van der Waals surface area contributed by atoms with Crippen LogP contribution in [0.5, 0.6) is 0 Å². The molecule has 0 radical (unpaired) electrons. The minimum atomic E-state index is 0.108. The van der Waals surface area contributed by atoms with Crippen LogP contribution in [0.3, 0.4) is 0 Å². The standard InChI is InChI=1S/C6H15NO2/c1-6(7-2)5-9-4-3-8/h6-8H,3-5H2,1-2H3. The van der Waals surface area contributed by atoms with Gasteiger partial charge in [0.15, 0.2) is 0 Å². The molecule has 3 nitrogen and oxygen atoms in total. The molecule has 0 fully saturated rings. The van der Waals surface area contributed by atoms with Crippen molar-refractivity contribution in [3.8, 4) is 0 Å². The summed E-state index contributed by atoms with van der Waals surface area (Å²) < 4.78 is 5.02. The second kappa shape index (κ2) is 6.01. The number of rotatable bonds is 5. The molecule has 0 saturated heterocycles. The van der Waals surface area contributed by atoms with Crippen molar-refractivity contribution in [1.29, 1.82) is 0 Å². The van der Waals surface area contributed by atoms with Gasteiger partial charge in [-0.05, 0) is 14.0 Å². The molecule has 9 heavy (non-hydrogen) atoms. The van der Waals surface area contributed by atoms with Gasteiger partial charge >= 0.3 is 0 Å². The highest BCUT2D eigenvalue weighted by Crippen LogP contribution is 1.80. The number of hydrogen-bond acceptors (Lipinski definition) is 3. The van der Waals surface area contributed by atoms with E-state index >= 15 is 0 Å². The number of aliphatic hydroxyl groups is 1. The molecule has 0 aromatic rings. The second-order valence-electron chi connectivity index (χ2n) is 1.99. The van der Waals surface area contributed by atoms with Crippen molar-refractivity contribution in [3.05, 3.63) is 0 Å². The first-order chi connectivity index (χ1) is 4.31. The highest BCUT2D eigenvalue weighted by molar-refractivity contribution is 4.52. The van der Waals surface area contributed by atoms with Crippen LogP contribution < -0.4 is 5.32 Å². The van der Waals surface area contributed by atoms with Crippen molar-refractivity contribution in [3.63, 3.8) is 0 Å². The molecule has 0 aromatic carbocycles. The van der Waals surface area contributed by atoms with E-state index in [-0.39, 0.29) is 6.61 Å². The number of likely N-dealkylation sites (N-methyl/N-ethyl adjacent to an activating group) is 1. The van der Waals surface area contributed by atoms with Crippen molar-refractivity contribution in [2.45, 2.75) is 13.0 Å². The van der Waals surface area contributed by atoms with E-state index in [1.165, 1.54) is 0 Å². The summed E-state index contributed by atoms with van der Waals surface area (Å²) in [5, 5.41) is 11.3. The maximum absolute atomic E-state index is 8.31. The average Bonchev–Trinajstić information content (AvgIpc) is 1.89. The van der Waals surface area contributed by atoms with E-state index in [4.69, 9.17) is 9.84 Å². The second-order valence-corrected chi connectivity index (χ2v) is 1.99. The fourth-order valence-electron chi connectivity index (χ4n) is 0.408. The van der Waals surface area contributed by atoms with Crippen molar-refractivity contribution >= 4 is 0 Å². The third kappa shape index (κ3) is 5.76. The molecule has 3 heteroatoms. The summed E-state index contributed by atoms with van der Waals surface area (Å²) in [4.78, 5) is 0. The first-order valence-corrected chi connectivity index (χ1v) is 3.17. The molecule has 0 saturated carbocycles. The minimum Gasteiger partial charge on any atom is -0.394 e. The zero-order valence-corrected chi connectivity index (χ0v) is 6.05. The van der Waals surface area contributed by atoms with E-state index in [1.54, 1.807) is 0 Å². The summed E-state index contributed by atoms with van der Waals surface area (Å²) >= 11 is 0. The van der Waals surface area contributed by atoms with E-state index in [2.05, 4.69) is 5.32 Å². The maximum atomic E-state index is 8.31. The molecular weight excluding hydrogens is 118 g/mol. The lowest BCUT2D eigenvalue weighted by Gasteiger charge is -2.08. The Morgan fingerprint density at radius 3 is 2.78 bits per heavy atom. The van der Waals surface area contributed by atoms with Gasteiger partial charge in [0, 0.05) is 6.04 Å². The van der Waals surface area contributed by atoms with Crippen LogP contribution in [0.2, 0.25) is 0 Å². The van der Waals surface area contributed by atoms with Crippen LogP contribution in [-0.4, -0.2) is 38.0 Å². The Bertz CT molecular complexity index is 59.0. The zero-order chi connectivity index (χ0) is 7.11. The van der Waals surface area contributed by atoms with Gasteiger partial charge in [0.2, 0.25) is 0 Å². The summed E-state index contributed by atoms with van der Waals surface area (Å²) in [6.45, 7) is 3.23. The largest absolute Gasteiger partial charge is 0.394 e. The lowest BCUT2D eigenvalue weighted by Crippen LogP contribution is -2.27. The fourth-order valence-corrected chi connectivity index (χ4v) is 0.408. The van der Waals surface area contributed by atoms with Crippen molar-refractivity contribution < 1.29 is 9.84 Å². The van der Waals surface area contributed by atoms with Crippen LogP contribution in [0.1, 0.15) is 6.92 Å². The lowest BCUT2D eigenvalue weighted by atomic mass is 10.4. The molecular formula is C6H15NO2. The fraction of sp³-hybridized carbons (Fsp3) is 1.00. The van der Waals surface area contributed by atoms with Gasteiger partial charge in [0.05, 0.1) is 19.8 Å². The van der Waals surface area contributed by atoms with Crippen LogP contribution in [-0.2, 0) is 4.74 Å². The molecule has 1 unspecified atom stereocenters. The summed E-state index contributed by atoms with van der Waals surface area (Å²) in [7, 11) is 1.88. The molecule has 56 valence electrons. The molecule has 0 aromatic heterocycles. The summed E-state index contributed by atoms with van der Waals surface area (Å²) in [6.07, 6.45) is 0. The first kappa shape index (κ1) is 8.88. The molecule has 1 atom stereocenters. The van der Waals surface area contributed by atoms with E-state index in [1.807, 2.05) is 14.0 Å². The van der Waals surface area contributed by atoms with Crippen molar-refractivity contribution in [1.82, 2.24) is 5.32 Å². The zero-order valence-electron chi connectivity index (χ0n) is 6.05. The molecule has 0 aliphatic heterocycles. The van der Waals surface area contributed by atoms with Gasteiger partial charge in [-0.2, -0.15) is 0 Å². The van der Waals surface area contributed by atoms with E-state index in [9.17, 15) is 0 Å². The summed E-state index contributed by atoms with van der Waals surface area (Å²) in [6, 6.07) is 0.372. The van der Waals surface area contributed by atoms with Crippen LogP contribution in [0, 0.1) is 0 Å². The van der Waals surface area contributed by atoms with Crippen molar-refractivity contribution in [2.75, 3.05) is 26.9 Å². The van der Waals surface area contributed by atoms with Crippen molar-refractivity contribution in [2.24, 2.45) is 0 Å². The number of hydrogen-bond donors (Lipinski definition) is 2. The normalized spacial score (nSPS) is 13.7. The SMILES string of the molecule is CNC(C)COCCO. The van der Waals surface area contributed by atoms with E-state index in [0.29, 0.717) is 19.3 Å². The predicted molar refractivity (Wildman–Crippen MR) is 36.4 cm³/mol. The van der Waals surface area contributed by atoms with Gasteiger partial charge < -0.3 is 15.2 Å². The van der Waals surface area contributed by atoms with E-state index < -0.39 is 0 Å². The number of aliphatic hydroxyl groups excluding tert-OH is 1. The molecule has 2 N–H and O–H groups in total. The van der Waals surface area contributed by atoms with Gasteiger partial charge in [-0.15, -0.1) is 0 Å². The number of ether oxygens (including phenoxy) is 1. The van der Waals surface area contributed by atoms with Gasteiger partial charge in [0.25, 0.3) is 0 Å². The Balaban J connectivity index is 2.88. The Kier molecular flexibility index (Phi) is 5.93. The summed E-state index contributed by atoms with van der Waals surface area (Å²) in [5.74, 6) is 0. The topological polar surface area (TPSA) is 41.5 Å². The molecule has 0 bridgehead atoms. The highest BCUT2D eigenvalue weighted by Gasteiger charge is 1.94. The molecule has 0 rings (SSSR count). The maximum Gasteiger partial charge on any atom is 0.0698 e. The molecule has 0 spiro atoms. The molecule has 0 amide bonds. The smallest absolute Gasteiger partial charge is 0.0698 e. The Morgan fingerprint density at radius 1 is 1.67 bits per heavy atom. The van der Waals surface area contributed by atoms with Gasteiger partial charge in [-0.25, -0.2) is 0 Å². The highest BCUT2D eigenvalue weighted by atomic mass is 16.5. The van der Waals surface area contributed by atoms with Gasteiger partial charge in [-0.1, -0.05) is 0 Å². The third-order valence-corrected chi connectivity index (χ3v) is 1.10. The predicted octanol–water partition coefficient (Wildman–Crippen LogP) is -0.397. The van der Waals surface area contributed by atoms with Crippen LogP contribution in [0.15, 0.2) is 0 Å². The quantitative estimate of drug-likeness (QED) is 0.501. The van der Waals surface area contributed by atoms with Gasteiger partial charge in [0.1, 0.15) is 0 Å². The Morgan fingerprint density at radius 2 is 2.33 bits per heavy atom. The molecule has 0 aliphatic carbocycles. The van der Waals surface area contributed by atoms with Gasteiger partial charge in [-0.3, -0.25) is 0 Å². The monoisotopic (exact) mass is 133 g/mol. The molecule has 0 aliphatic rings.